The topological polar surface area (TPSA) is 83.1 Å². The van der Waals surface area contributed by atoms with E-state index in [2.05, 4.69) is 20.9 Å². The number of aromatic nitrogens is 1. The van der Waals surface area contributed by atoms with Gasteiger partial charge in [0.2, 0.25) is 5.91 Å². The van der Waals surface area contributed by atoms with Gasteiger partial charge in [-0.2, -0.15) is 0 Å². The van der Waals surface area contributed by atoms with E-state index in [4.69, 9.17) is 0 Å². The Bertz CT molecular complexity index is 401. The van der Waals surface area contributed by atoms with Gasteiger partial charge in [-0.25, -0.2) is 4.98 Å². The Labute approximate surface area is 128 Å². The second-order valence-corrected chi connectivity index (χ2v) is 4.29. The van der Waals surface area contributed by atoms with Gasteiger partial charge in [0.15, 0.2) is 5.13 Å². The lowest BCUT2D eigenvalue weighted by molar-refractivity contribution is -0.114. The summed E-state index contributed by atoms with van der Waals surface area (Å²) >= 11 is 1.23. The fourth-order valence-corrected chi connectivity index (χ4v) is 1.88. The van der Waals surface area contributed by atoms with Gasteiger partial charge < -0.3 is 16.0 Å². The molecule has 0 bridgehead atoms. The van der Waals surface area contributed by atoms with Crippen molar-refractivity contribution in [2.24, 2.45) is 0 Å². The zero-order chi connectivity index (χ0) is 12.7. The minimum atomic E-state index is -0.214. The predicted octanol–water partition coefficient (Wildman–Crippen LogP) is 1.28. The number of hydrogen-bond donors (Lipinski definition) is 3. The lowest BCUT2D eigenvalue weighted by atomic mass is 10.4. The molecule has 1 aromatic heterocycles. The average Bonchev–Trinajstić information content (AvgIpc) is 2.71. The summed E-state index contributed by atoms with van der Waals surface area (Å²) in [5.41, 5.74) is 0.336. The largest absolute Gasteiger partial charge is 0.351 e. The van der Waals surface area contributed by atoms with Crippen LogP contribution >= 0.6 is 36.2 Å². The molecule has 1 heterocycles. The van der Waals surface area contributed by atoms with Gasteiger partial charge in [-0.05, 0) is 20.0 Å². The van der Waals surface area contributed by atoms with E-state index in [-0.39, 0.29) is 36.6 Å². The van der Waals surface area contributed by atoms with Crippen molar-refractivity contribution in [2.45, 2.75) is 13.3 Å². The molecule has 110 valence electrons. The summed E-state index contributed by atoms with van der Waals surface area (Å²) in [4.78, 5) is 26.4. The fourth-order valence-electron chi connectivity index (χ4n) is 1.14. The number of carbonyl (C=O) groups is 2. The number of thiazole rings is 1. The molecule has 0 aromatic carbocycles. The molecule has 1 aromatic rings. The van der Waals surface area contributed by atoms with E-state index < -0.39 is 0 Å². The molecule has 6 nitrogen and oxygen atoms in total. The van der Waals surface area contributed by atoms with E-state index in [0.717, 1.165) is 13.0 Å². The Morgan fingerprint density at radius 1 is 1.32 bits per heavy atom. The highest BCUT2D eigenvalue weighted by Crippen LogP contribution is 2.14. The van der Waals surface area contributed by atoms with Crippen molar-refractivity contribution in [3.05, 3.63) is 11.1 Å². The number of anilines is 1. The van der Waals surface area contributed by atoms with E-state index in [0.29, 0.717) is 17.4 Å². The van der Waals surface area contributed by atoms with Crippen LogP contribution in [0.3, 0.4) is 0 Å². The highest BCUT2D eigenvalue weighted by atomic mass is 35.5. The van der Waals surface area contributed by atoms with Gasteiger partial charge >= 0.3 is 0 Å². The lowest BCUT2D eigenvalue weighted by Gasteiger charge is -2.02. The number of halogens is 2. The van der Waals surface area contributed by atoms with Gasteiger partial charge in [0.25, 0.3) is 5.91 Å². The van der Waals surface area contributed by atoms with Crippen molar-refractivity contribution >= 4 is 53.1 Å². The summed E-state index contributed by atoms with van der Waals surface area (Å²) in [5.74, 6) is -0.408. The van der Waals surface area contributed by atoms with Crippen LogP contribution < -0.4 is 16.0 Å². The Hall–Kier alpha value is -0.890. The molecule has 0 unspecified atom stereocenters. The monoisotopic (exact) mass is 328 g/mol. The Balaban J connectivity index is 0. The SMILES string of the molecule is CNCCCNC(=O)c1csc(NC(C)=O)n1.Cl.Cl. The standard InChI is InChI=1S/C10H16N4O2S.2ClH/c1-7(15)13-10-14-8(6-17-10)9(16)12-5-3-4-11-2;;/h6,11H,3-5H2,1-2H3,(H,12,16)(H,13,14,15);2*1H. The number of carbonyl (C=O) groups excluding carboxylic acids is 2. The number of amides is 2. The van der Waals surface area contributed by atoms with Gasteiger partial charge in [-0.15, -0.1) is 36.2 Å². The maximum atomic E-state index is 11.6. The third kappa shape index (κ3) is 7.99. The van der Waals surface area contributed by atoms with Crippen molar-refractivity contribution in [1.29, 1.82) is 0 Å². The molecular formula is C10H18Cl2N4O2S. The maximum Gasteiger partial charge on any atom is 0.270 e. The molecule has 9 heteroatoms. The second-order valence-electron chi connectivity index (χ2n) is 3.43. The quantitative estimate of drug-likeness (QED) is 0.687. The molecule has 0 radical (unpaired) electrons. The van der Waals surface area contributed by atoms with Crippen LogP contribution in [0.25, 0.3) is 0 Å². The molecule has 0 aliphatic heterocycles. The van der Waals surface area contributed by atoms with E-state index >= 15 is 0 Å². The minimum absolute atomic E-state index is 0. The van der Waals surface area contributed by atoms with Crippen molar-refractivity contribution in [2.75, 3.05) is 25.5 Å². The maximum absolute atomic E-state index is 11.6. The van der Waals surface area contributed by atoms with Crippen LogP contribution in [-0.2, 0) is 4.79 Å². The molecule has 0 atom stereocenters. The Morgan fingerprint density at radius 3 is 2.58 bits per heavy atom. The van der Waals surface area contributed by atoms with Crippen LogP contribution in [0.1, 0.15) is 23.8 Å². The van der Waals surface area contributed by atoms with Gasteiger partial charge in [0.1, 0.15) is 5.69 Å². The number of hydrogen-bond acceptors (Lipinski definition) is 5. The molecule has 0 aliphatic rings. The number of nitrogens with zero attached hydrogens (tertiary/aromatic N) is 1. The van der Waals surface area contributed by atoms with Gasteiger partial charge in [0.05, 0.1) is 0 Å². The highest BCUT2D eigenvalue weighted by molar-refractivity contribution is 7.14. The summed E-state index contributed by atoms with van der Waals surface area (Å²) < 4.78 is 0. The first-order chi connectivity index (χ1) is 8.13. The normalized spacial score (nSPS) is 8.95. The lowest BCUT2D eigenvalue weighted by Crippen LogP contribution is -2.26. The molecule has 0 aliphatic carbocycles. The molecule has 2 amide bonds. The summed E-state index contributed by atoms with van der Waals surface area (Å²) in [6, 6.07) is 0. The molecule has 0 fully saturated rings. The number of nitrogens with one attached hydrogen (secondary N) is 3. The average molecular weight is 329 g/mol. The Kier molecular flexibility index (Phi) is 11.8. The van der Waals surface area contributed by atoms with Gasteiger partial charge in [-0.3, -0.25) is 9.59 Å². The zero-order valence-corrected chi connectivity index (χ0v) is 13.1. The third-order valence-corrected chi connectivity index (χ3v) is 2.67. The molecule has 0 saturated carbocycles. The summed E-state index contributed by atoms with van der Waals surface area (Å²) in [6.45, 7) is 2.86. The van der Waals surface area contributed by atoms with Crippen molar-refractivity contribution < 1.29 is 9.59 Å². The van der Waals surface area contributed by atoms with Crippen LogP contribution in [-0.4, -0.2) is 36.9 Å². The van der Waals surface area contributed by atoms with E-state index in [1.54, 1.807) is 5.38 Å². The van der Waals surface area contributed by atoms with Gasteiger partial charge in [0, 0.05) is 18.8 Å². The molecule has 3 N–H and O–H groups in total. The first kappa shape index (κ1) is 20.4. The minimum Gasteiger partial charge on any atom is -0.351 e. The summed E-state index contributed by atoms with van der Waals surface area (Å²) in [7, 11) is 1.86. The Morgan fingerprint density at radius 2 is 2.00 bits per heavy atom. The van der Waals surface area contributed by atoms with Crippen molar-refractivity contribution in [3.8, 4) is 0 Å². The first-order valence-electron chi connectivity index (χ1n) is 5.29. The second kappa shape index (κ2) is 11.0. The van der Waals surface area contributed by atoms with Crippen molar-refractivity contribution in [1.82, 2.24) is 15.6 Å². The van der Waals surface area contributed by atoms with E-state index in [9.17, 15) is 9.59 Å². The molecule has 19 heavy (non-hydrogen) atoms. The van der Waals surface area contributed by atoms with Crippen LogP contribution in [0.5, 0.6) is 0 Å². The molecule has 0 saturated heterocycles. The third-order valence-electron chi connectivity index (χ3n) is 1.91. The molecule has 1 rings (SSSR count). The zero-order valence-electron chi connectivity index (χ0n) is 10.7. The van der Waals surface area contributed by atoms with Gasteiger partial charge in [-0.1, -0.05) is 0 Å². The molecule has 0 spiro atoms. The van der Waals surface area contributed by atoms with E-state index in [1.807, 2.05) is 7.05 Å². The smallest absolute Gasteiger partial charge is 0.270 e. The molecular weight excluding hydrogens is 311 g/mol. The first-order valence-corrected chi connectivity index (χ1v) is 6.17. The van der Waals surface area contributed by atoms with Crippen molar-refractivity contribution in [3.63, 3.8) is 0 Å². The fraction of sp³-hybridized carbons (Fsp3) is 0.500. The van der Waals surface area contributed by atoms with Crippen LogP contribution in [0.4, 0.5) is 5.13 Å². The predicted molar refractivity (Wildman–Crippen MR) is 81.8 cm³/mol. The van der Waals surface area contributed by atoms with Crippen LogP contribution in [0.15, 0.2) is 5.38 Å². The van der Waals surface area contributed by atoms with Crippen LogP contribution in [0.2, 0.25) is 0 Å². The number of rotatable bonds is 6. The summed E-state index contributed by atoms with van der Waals surface area (Å²) in [5, 5.41) is 10.3. The summed E-state index contributed by atoms with van der Waals surface area (Å²) in [6.07, 6.45) is 0.866. The highest BCUT2D eigenvalue weighted by Gasteiger charge is 2.10. The van der Waals surface area contributed by atoms with Crippen LogP contribution in [0, 0.1) is 0 Å². The van der Waals surface area contributed by atoms with E-state index in [1.165, 1.54) is 18.3 Å².